The van der Waals surface area contributed by atoms with Gasteiger partial charge in [-0.15, -0.1) is 0 Å². The van der Waals surface area contributed by atoms with Gasteiger partial charge in [-0.05, 0) is 78.3 Å². The summed E-state index contributed by atoms with van der Waals surface area (Å²) in [7, 11) is 0. The van der Waals surface area contributed by atoms with Crippen LogP contribution in [-0.2, 0) is 11.2 Å². The van der Waals surface area contributed by atoms with Crippen molar-refractivity contribution in [2.45, 2.75) is 25.7 Å². The van der Waals surface area contributed by atoms with Gasteiger partial charge in [-0.1, -0.05) is 103 Å². The summed E-state index contributed by atoms with van der Waals surface area (Å²) < 4.78 is 13.3. The van der Waals surface area contributed by atoms with Crippen LogP contribution in [0.2, 0.25) is 0 Å². The van der Waals surface area contributed by atoms with Gasteiger partial charge in [0, 0.05) is 16.7 Å². The van der Waals surface area contributed by atoms with Crippen molar-refractivity contribution in [1.29, 1.82) is 0 Å². The summed E-state index contributed by atoms with van der Waals surface area (Å²) >= 11 is 0. The molecule has 0 unspecified atom stereocenters. The Hall–Kier alpha value is -5.21. The minimum Gasteiger partial charge on any atom is -0.456 e. The zero-order chi connectivity index (χ0) is 28.6. The SMILES string of the molecule is C1=C(c2ccccc2)OC(c2ccccc2)=C2CCC(/C=C3\CCc4c3cc(-c3ccccc3)[o+]c4-c3ccccc3)=C12. The molecule has 206 valence electrons. The van der Waals surface area contributed by atoms with Gasteiger partial charge in [0.25, 0.3) is 0 Å². The molecule has 0 atom stereocenters. The number of benzene rings is 4. The molecule has 2 heterocycles. The Morgan fingerprint density at radius 2 is 1.19 bits per heavy atom. The number of fused-ring (bicyclic) bond motifs is 2. The zero-order valence-electron chi connectivity index (χ0n) is 23.9. The molecule has 1 aliphatic heterocycles. The van der Waals surface area contributed by atoms with Gasteiger partial charge in [-0.25, -0.2) is 4.42 Å². The van der Waals surface area contributed by atoms with E-state index >= 15 is 0 Å². The van der Waals surface area contributed by atoms with E-state index in [1.165, 1.54) is 33.4 Å². The van der Waals surface area contributed by atoms with Gasteiger partial charge in [-0.3, -0.25) is 0 Å². The Labute approximate surface area is 252 Å². The number of hydrogen-bond acceptors (Lipinski definition) is 1. The number of rotatable bonds is 5. The maximum Gasteiger partial charge on any atom is 0.364 e. The van der Waals surface area contributed by atoms with E-state index in [-0.39, 0.29) is 0 Å². The van der Waals surface area contributed by atoms with Crippen LogP contribution >= 0.6 is 0 Å². The fraction of sp³-hybridized carbons (Fsp3) is 0.0976. The minimum atomic E-state index is 0.902. The summed E-state index contributed by atoms with van der Waals surface area (Å²) in [5.41, 5.74) is 12.4. The highest BCUT2D eigenvalue weighted by atomic mass is 16.5. The van der Waals surface area contributed by atoms with Crippen molar-refractivity contribution in [3.63, 3.8) is 0 Å². The van der Waals surface area contributed by atoms with Gasteiger partial charge in [-0.2, -0.15) is 0 Å². The van der Waals surface area contributed by atoms with Crippen molar-refractivity contribution in [1.82, 2.24) is 0 Å². The fourth-order valence-corrected chi connectivity index (χ4v) is 6.59. The number of allylic oxidation sites excluding steroid dienone is 6. The lowest BCUT2D eigenvalue weighted by molar-refractivity contribution is 0.461. The molecule has 0 saturated heterocycles. The molecule has 0 bridgehead atoms. The van der Waals surface area contributed by atoms with Gasteiger partial charge >= 0.3 is 11.5 Å². The molecular formula is C41H31O2+. The molecule has 2 aliphatic carbocycles. The van der Waals surface area contributed by atoms with Crippen LogP contribution in [-0.4, -0.2) is 0 Å². The Balaban J connectivity index is 1.29. The van der Waals surface area contributed by atoms with Crippen LogP contribution < -0.4 is 0 Å². The first kappa shape index (κ1) is 25.5. The molecule has 2 nitrogen and oxygen atoms in total. The molecule has 0 saturated carbocycles. The van der Waals surface area contributed by atoms with E-state index in [4.69, 9.17) is 9.15 Å². The summed E-state index contributed by atoms with van der Waals surface area (Å²) in [6.07, 6.45) is 8.66. The van der Waals surface area contributed by atoms with Gasteiger partial charge in [0.2, 0.25) is 0 Å². The first-order valence-electron chi connectivity index (χ1n) is 15.1. The third kappa shape index (κ3) is 4.75. The van der Waals surface area contributed by atoms with E-state index < -0.39 is 0 Å². The molecule has 3 aliphatic rings. The second kappa shape index (κ2) is 10.9. The van der Waals surface area contributed by atoms with Crippen molar-refractivity contribution in [3.05, 3.63) is 179 Å². The highest BCUT2D eigenvalue weighted by Gasteiger charge is 2.33. The summed E-state index contributed by atoms with van der Waals surface area (Å²) in [4.78, 5) is 0. The summed E-state index contributed by atoms with van der Waals surface area (Å²) in [6, 6.07) is 44.2. The summed E-state index contributed by atoms with van der Waals surface area (Å²) in [5.74, 6) is 3.76. The van der Waals surface area contributed by atoms with E-state index in [0.717, 1.165) is 71.0 Å². The summed E-state index contributed by atoms with van der Waals surface area (Å²) in [5, 5.41) is 0. The van der Waals surface area contributed by atoms with Crippen molar-refractivity contribution in [2.75, 3.05) is 0 Å². The topological polar surface area (TPSA) is 20.5 Å². The molecule has 0 N–H and O–H groups in total. The smallest absolute Gasteiger partial charge is 0.364 e. The van der Waals surface area contributed by atoms with Crippen molar-refractivity contribution in [3.8, 4) is 22.6 Å². The van der Waals surface area contributed by atoms with Crippen LogP contribution in [0.5, 0.6) is 0 Å². The van der Waals surface area contributed by atoms with Crippen LogP contribution in [0.25, 0.3) is 39.7 Å². The largest absolute Gasteiger partial charge is 0.456 e. The maximum atomic E-state index is 6.65. The zero-order valence-corrected chi connectivity index (χ0v) is 23.9. The molecule has 0 radical (unpaired) electrons. The normalized spacial score (nSPS) is 16.7. The number of ether oxygens (including phenoxy) is 1. The van der Waals surface area contributed by atoms with Gasteiger partial charge < -0.3 is 4.74 Å². The van der Waals surface area contributed by atoms with Crippen LogP contribution in [0.3, 0.4) is 0 Å². The van der Waals surface area contributed by atoms with Crippen LogP contribution in [0, 0.1) is 0 Å². The Morgan fingerprint density at radius 3 is 1.86 bits per heavy atom. The molecule has 5 aromatic rings. The lowest BCUT2D eigenvalue weighted by Gasteiger charge is -2.22. The summed E-state index contributed by atoms with van der Waals surface area (Å²) in [6.45, 7) is 0. The quantitative estimate of drug-likeness (QED) is 0.201. The predicted octanol–water partition coefficient (Wildman–Crippen LogP) is 10.8. The first-order chi connectivity index (χ1) is 21.3. The number of hydrogen-bond donors (Lipinski definition) is 0. The highest BCUT2D eigenvalue weighted by molar-refractivity contribution is 5.86. The highest BCUT2D eigenvalue weighted by Crippen LogP contribution is 2.47. The van der Waals surface area contributed by atoms with Gasteiger partial charge in [0.1, 0.15) is 11.5 Å². The molecule has 0 amide bonds. The molecule has 8 rings (SSSR count). The molecule has 1 aromatic heterocycles. The van der Waals surface area contributed by atoms with E-state index in [2.05, 4.69) is 127 Å². The van der Waals surface area contributed by atoms with Crippen molar-refractivity contribution < 1.29 is 9.15 Å². The maximum absolute atomic E-state index is 6.65. The van der Waals surface area contributed by atoms with E-state index in [0.29, 0.717) is 0 Å². The fourth-order valence-electron chi connectivity index (χ4n) is 6.59. The van der Waals surface area contributed by atoms with Crippen LogP contribution in [0.1, 0.15) is 41.5 Å². The second-order valence-corrected chi connectivity index (χ2v) is 11.3. The van der Waals surface area contributed by atoms with E-state index in [1.54, 1.807) is 0 Å². The molecular weight excluding hydrogens is 524 g/mol. The molecule has 43 heavy (non-hydrogen) atoms. The lowest BCUT2D eigenvalue weighted by Crippen LogP contribution is -2.03. The molecule has 2 heteroatoms. The van der Waals surface area contributed by atoms with Crippen molar-refractivity contribution in [2.24, 2.45) is 0 Å². The van der Waals surface area contributed by atoms with E-state index in [9.17, 15) is 0 Å². The predicted molar refractivity (Wildman–Crippen MR) is 175 cm³/mol. The Bertz CT molecular complexity index is 1940. The minimum absolute atomic E-state index is 0.902. The Kier molecular flexibility index (Phi) is 6.46. The van der Waals surface area contributed by atoms with E-state index in [1.807, 2.05) is 12.1 Å². The average Bonchev–Trinajstić information content (AvgIpc) is 3.69. The molecule has 0 spiro atoms. The van der Waals surface area contributed by atoms with Crippen LogP contribution in [0.15, 0.2) is 161 Å². The third-order valence-corrected chi connectivity index (χ3v) is 8.69. The van der Waals surface area contributed by atoms with Crippen molar-refractivity contribution >= 4 is 17.1 Å². The van der Waals surface area contributed by atoms with Crippen LogP contribution in [0.4, 0.5) is 0 Å². The van der Waals surface area contributed by atoms with Gasteiger partial charge in [0.15, 0.2) is 0 Å². The third-order valence-electron chi connectivity index (χ3n) is 8.69. The van der Waals surface area contributed by atoms with Gasteiger partial charge in [0.05, 0.1) is 22.8 Å². The molecule has 4 aromatic carbocycles. The first-order valence-corrected chi connectivity index (χ1v) is 15.1. The second-order valence-electron chi connectivity index (χ2n) is 11.3. The monoisotopic (exact) mass is 555 g/mol. The Morgan fingerprint density at radius 1 is 0.581 bits per heavy atom. The average molecular weight is 556 g/mol. The standard InChI is InChI=1S/C41H31O2/c1-5-13-28(14-6-1)38-26-36-32(21-23-34(36)40(42-38)30-17-9-3-10-18-30)25-33-22-24-35-37(33)27-39(29-15-7-2-8-16-29)43-41(35)31-19-11-4-12-20-31/h1-20,25-27H,21-24H2/q+1. The lowest BCUT2D eigenvalue weighted by atomic mass is 9.96. The molecule has 0 fully saturated rings.